The molecule has 0 saturated heterocycles. The summed E-state index contributed by atoms with van der Waals surface area (Å²) in [6, 6.07) is 7.39. The predicted octanol–water partition coefficient (Wildman–Crippen LogP) is 2.64. The molecule has 0 spiro atoms. The molecule has 0 aliphatic rings. The smallest absolute Gasteiger partial charge is 0.225 e. The standard InChI is InChI=1S/C9H7ClN4S/c10-8-3-1-7(2-4-8)5-11-13-9-14-12-6-15-9/h1-6H,(H,13,14)/b11-5+. The van der Waals surface area contributed by atoms with Crippen molar-refractivity contribution in [1.82, 2.24) is 10.2 Å². The lowest BCUT2D eigenvalue weighted by atomic mass is 10.2. The molecule has 2 aromatic rings. The first kappa shape index (κ1) is 10.1. The minimum absolute atomic E-state index is 0.667. The fourth-order valence-corrected chi connectivity index (χ4v) is 1.45. The van der Waals surface area contributed by atoms with Crippen molar-refractivity contribution >= 4 is 34.3 Å². The molecule has 1 N–H and O–H groups in total. The molecule has 0 fully saturated rings. The van der Waals surface area contributed by atoms with E-state index in [1.807, 2.05) is 24.3 Å². The Morgan fingerprint density at radius 2 is 2.13 bits per heavy atom. The molecule has 0 unspecified atom stereocenters. The molecule has 0 aliphatic carbocycles. The van der Waals surface area contributed by atoms with Crippen molar-refractivity contribution in [3.05, 3.63) is 40.4 Å². The fourth-order valence-electron chi connectivity index (χ4n) is 0.933. The fraction of sp³-hybridized carbons (Fsp3) is 0. The number of anilines is 1. The minimum Gasteiger partial charge on any atom is -0.251 e. The van der Waals surface area contributed by atoms with Crippen molar-refractivity contribution in [2.24, 2.45) is 5.10 Å². The van der Waals surface area contributed by atoms with Crippen molar-refractivity contribution in [2.75, 3.05) is 5.43 Å². The molecule has 76 valence electrons. The number of nitrogens with one attached hydrogen (secondary N) is 1. The van der Waals surface area contributed by atoms with Gasteiger partial charge in [0.05, 0.1) is 6.21 Å². The predicted molar refractivity (Wildman–Crippen MR) is 62.6 cm³/mol. The highest BCUT2D eigenvalue weighted by Gasteiger charge is 1.91. The zero-order valence-electron chi connectivity index (χ0n) is 7.59. The van der Waals surface area contributed by atoms with Crippen molar-refractivity contribution in [1.29, 1.82) is 0 Å². The van der Waals surface area contributed by atoms with E-state index in [2.05, 4.69) is 20.7 Å². The third kappa shape index (κ3) is 3.00. The van der Waals surface area contributed by atoms with Crippen LogP contribution in [0.15, 0.2) is 34.9 Å². The average Bonchev–Trinajstić information content (AvgIpc) is 2.74. The van der Waals surface area contributed by atoms with Crippen LogP contribution in [0.1, 0.15) is 5.56 Å². The zero-order valence-corrected chi connectivity index (χ0v) is 9.16. The molecule has 2 rings (SSSR count). The summed E-state index contributed by atoms with van der Waals surface area (Å²) in [5.74, 6) is 0. The summed E-state index contributed by atoms with van der Waals surface area (Å²) in [7, 11) is 0. The molecule has 0 aliphatic heterocycles. The number of nitrogens with zero attached hydrogens (tertiary/aromatic N) is 3. The van der Waals surface area contributed by atoms with Crippen LogP contribution in [0.3, 0.4) is 0 Å². The van der Waals surface area contributed by atoms with Crippen LogP contribution in [0.5, 0.6) is 0 Å². The monoisotopic (exact) mass is 238 g/mol. The van der Waals surface area contributed by atoms with E-state index in [4.69, 9.17) is 11.6 Å². The molecule has 0 radical (unpaired) electrons. The van der Waals surface area contributed by atoms with Gasteiger partial charge in [0.25, 0.3) is 0 Å². The Morgan fingerprint density at radius 3 is 2.80 bits per heavy atom. The molecule has 1 heterocycles. The van der Waals surface area contributed by atoms with Gasteiger partial charge in [0.15, 0.2) is 0 Å². The van der Waals surface area contributed by atoms with Gasteiger partial charge in [0.1, 0.15) is 5.51 Å². The van der Waals surface area contributed by atoms with E-state index in [-0.39, 0.29) is 0 Å². The highest BCUT2D eigenvalue weighted by atomic mass is 35.5. The van der Waals surface area contributed by atoms with Crippen LogP contribution in [-0.4, -0.2) is 16.4 Å². The maximum Gasteiger partial charge on any atom is 0.225 e. The van der Waals surface area contributed by atoms with E-state index in [9.17, 15) is 0 Å². The van der Waals surface area contributed by atoms with Gasteiger partial charge in [-0.05, 0) is 17.7 Å². The van der Waals surface area contributed by atoms with E-state index >= 15 is 0 Å². The largest absolute Gasteiger partial charge is 0.251 e. The molecule has 6 heteroatoms. The number of hydrazone groups is 1. The number of hydrogen-bond acceptors (Lipinski definition) is 5. The van der Waals surface area contributed by atoms with Crippen molar-refractivity contribution in [3.8, 4) is 0 Å². The van der Waals surface area contributed by atoms with Gasteiger partial charge in [-0.1, -0.05) is 35.1 Å². The van der Waals surface area contributed by atoms with E-state index in [1.165, 1.54) is 11.3 Å². The number of aromatic nitrogens is 2. The van der Waals surface area contributed by atoms with Crippen LogP contribution in [0.4, 0.5) is 5.13 Å². The summed E-state index contributed by atoms with van der Waals surface area (Å²) in [5.41, 5.74) is 5.38. The molecule has 15 heavy (non-hydrogen) atoms. The second kappa shape index (κ2) is 4.86. The van der Waals surface area contributed by atoms with Crippen molar-refractivity contribution in [3.63, 3.8) is 0 Å². The number of hydrogen-bond donors (Lipinski definition) is 1. The van der Waals surface area contributed by atoms with Crippen LogP contribution in [0.25, 0.3) is 0 Å². The Balaban J connectivity index is 1.97. The molecule has 0 atom stereocenters. The van der Waals surface area contributed by atoms with Gasteiger partial charge in [-0.2, -0.15) is 5.10 Å². The first-order valence-corrected chi connectivity index (χ1v) is 5.41. The lowest BCUT2D eigenvalue weighted by Crippen LogP contribution is -1.89. The van der Waals surface area contributed by atoms with Crippen molar-refractivity contribution in [2.45, 2.75) is 0 Å². The van der Waals surface area contributed by atoms with Gasteiger partial charge in [-0.25, -0.2) is 0 Å². The van der Waals surface area contributed by atoms with Crippen LogP contribution in [-0.2, 0) is 0 Å². The van der Waals surface area contributed by atoms with Gasteiger partial charge in [0.2, 0.25) is 5.13 Å². The van der Waals surface area contributed by atoms with E-state index in [0.29, 0.717) is 10.2 Å². The molecule has 1 aromatic heterocycles. The highest BCUT2D eigenvalue weighted by Crippen LogP contribution is 2.09. The molecular formula is C9H7ClN4S. The Kier molecular flexibility index (Phi) is 3.26. The van der Waals surface area contributed by atoms with E-state index < -0.39 is 0 Å². The number of halogens is 1. The lowest BCUT2D eigenvalue weighted by molar-refractivity contribution is 1.08. The summed E-state index contributed by atoms with van der Waals surface area (Å²) >= 11 is 7.14. The number of rotatable bonds is 3. The van der Waals surface area contributed by atoms with Crippen LogP contribution < -0.4 is 5.43 Å². The molecular weight excluding hydrogens is 232 g/mol. The van der Waals surface area contributed by atoms with Gasteiger partial charge >= 0.3 is 0 Å². The Morgan fingerprint density at radius 1 is 1.33 bits per heavy atom. The summed E-state index contributed by atoms with van der Waals surface area (Å²) in [5, 5.41) is 12.8. The van der Waals surface area contributed by atoms with Gasteiger partial charge in [0, 0.05) is 5.02 Å². The van der Waals surface area contributed by atoms with Crippen LogP contribution in [0.2, 0.25) is 5.02 Å². The summed E-state index contributed by atoms with van der Waals surface area (Å²) < 4.78 is 0. The third-order valence-electron chi connectivity index (χ3n) is 1.60. The minimum atomic E-state index is 0.667. The Bertz CT molecular complexity index is 438. The van der Waals surface area contributed by atoms with Gasteiger partial charge < -0.3 is 0 Å². The van der Waals surface area contributed by atoms with E-state index in [0.717, 1.165) is 5.56 Å². The topological polar surface area (TPSA) is 50.2 Å². The van der Waals surface area contributed by atoms with Crippen molar-refractivity contribution < 1.29 is 0 Å². The SMILES string of the molecule is Clc1ccc(/C=N/Nc2nncs2)cc1. The second-order valence-electron chi connectivity index (χ2n) is 2.67. The molecule has 0 bridgehead atoms. The number of benzene rings is 1. The summed E-state index contributed by atoms with van der Waals surface area (Å²) in [4.78, 5) is 0. The normalized spacial score (nSPS) is 10.7. The highest BCUT2D eigenvalue weighted by molar-refractivity contribution is 7.13. The quantitative estimate of drug-likeness (QED) is 0.661. The Hall–Kier alpha value is -1.46. The second-order valence-corrected chi connectivity index (χ2v) is 3.94. The van der Waals surface area contributed by atoms with E-state index in [1.54, 1.807) is 11.7 Å². The first-order valence-electron chi connectivity index (χ1n) is 4.15. The third-order valence-corrected chi connectivity index (χ3v) is 2.45. The summed E-state index contributed by atoms with van der Waals surface area (Å²) in [6.45, 7) is 0. The molecule has 0 amide bonds. The van der Waals surface area contributed by atoms with Crippen LogP contribution >= 0.6 is 22.9 Å². The van der Waals surface area contributed by atoms with Crippen LogP contribution in [0, 0.1) is 0 Å². The maximum absolute atomic E-state index is 5.75. The first-order chi connectivity index (χ1) is 7.34. The lowest BCUT2D eigenvalue weighted by Gasteiger charge is -1.93. The molecule has 4 nitrogen and oxygen atoms in total. The molecule has 0 saturated carbocycles. The Labute approximate surface area is 95.6 Å². The maximum atomic E-state index is 5.75. The average molecular weight is 239 g/mol. The van der Waals surface area contributed by atoms with Gasteiger partial charge in [-0.15, -0.1) is 10.2 Å². The van der Waals surface area contributed by atoms with Gasteiger partial charge in [-0.3, -0.25) is 5.43 Å². The zero-order chi connectivity index (χ0) is 10.5. The summed E-state index contributed by atoms with van der Waals surface area (Å²) in [6.07, 6.45) is 1.69. The molecule has 1 aromatic carbocycles.